The van der Waals surface area contributed by atoms with Crippen LogP contribution in [0.3, 0.4) is 0 Å². The number of rotatable bonds is 5. The van der Waals surface area contributed by atoms with Crippen LogP contribution in [0.5, 0.6) is 0 Å². The molecule has 1 heterocycles. The van der Waals surface area contributed by atoms with Gasteiger partial charge >= 0.3 is 6.03 Å². The average molecular weight is 297 g/mol. The van der Waals surface area contributed by atoms with E-state index in [0.717, 1.165) is 36.4 Å². The molecule has 2 unspecified atom stereocenters. The van der Waals surface area contributed by atoms with Gasteiger partial charge in [-0.25, -0.2) is 9.78 Å². The van der Waals surface area contributed by atoms with Gasteiger partial charge in [0.1, 0.15) is 0 Å². The summed E-state index contributed by atoms with van der Waals surface area (Å²) in [4.78, 5) is 16.2. The fourth-order valence-electron chi connectivity index (χ4n) is 2.70. The molecule has 112 valence electrons. The second-order valence-electron chi connectivity index (χ2n) is 5.77. The van der Waals surface area contributed by atoms with E-state index < -0.39 is 0 Å². The third-order valence-corrected chi connectivity index (χ3v) is 4.90. The predicted octanol–water partition coefficient (Wildman–Crippen LogP) is 1.84. The number of carbonyl (C=O) groups is 1. The summed E-state index contributed by atoms with van der Waals surface area (Å²) in [6.07, 6.45) is 3.71. The topological polar surface area (TPSA) is 74.2 Å². The summed E-state index contributed by atoms with van der Waals surface area (Å²) in [6, 6.07) is -0.0856. The van der Waals surface area contributed by atoms with Crippen LogP contribution in [0, 0.1) is 12.3 Å². The van der Waals surface area contributed by atoms with E-state index in [1.807, 2.05) is 19.2 Å². The maximum absolute atomic E-state index is 11.9. The van der Waals surface area contributed by atoms with Crippen LogP contribution in [0.15, 0.2) is 5.38 Å². The van der Waals surface area contributed by atoms with E-state index in [0.29, 0.717) is 6.54 Å². The third kappa shape index (κ3) is 3.70. The van der Waals surface area contributed by atoms with Crippen LogP contribution in [0.4, 0.5) is 4.79 Å². The van der Waals surface area contributed by atoms with Gasteiger partial charge in [-0.1, -0.05) is 13.3 Å². The standard InChI is InChI=1S/C14H23N3O2S/c1-10-16-11(8-20-10)5-7-15-13(19)17-12-4-3-6-14(12,2)9-18/h8,12,18H,3-7,9H2,1-2H3,(H2,15,17,19). The molecule has 0 spiro atoms. The molecule has 0 bridgehead atoms. The first-order chi connectivity index (χ1) is 9.53. The minimum Gasteiger partial charge on any atom is -0.396 e. The van der Waals surface area contributed by atoms with Crippen molar-refractivity contribution < 1.29 is 9.90 Å². The Hall–Kier alpha value is -1.14. The number of urea groups is 1. The Labute approximate surface area is 123 Å². The Balaban J connectivity index is 1.73. The Morgan fingerprint density at radius 1 is 1.65 bits per heavy atom. The fourth-order valence-corrected chi connectivity index (χ4v) is 3.35. The first kappa shape index (κ1) is 15.3. The first-order valence-electron chi connectivity index (χ1n) is 7.10. The van der Waals surface area contributed by atoms with E-state index in [1.165, 1.54) is 0 Å². The van der Waals surface area contributed by atoms with E-state index >= 15 is 0 Å². The minimum absolute atomic E-state index is 0.0639. The van der Waals surface area contributed by atoms with Gasteiger partial charge in [-0.05, 0) is 19.8 Å². The van der Waals surface area contributed by atoms with Crippen LogP contribution in [0.2, 0.25) is 0 Å². The number of nitrogens with one attached hydrogen (secondary N) is 2. The second kappa shape index (κ2) is 6.54. The summed E-state index contributed by atoms with van der Waals surface area (Å²) in [7, 11) is 0. The quantitative estimate of drug-likeness (QED) is 0.776. The summed E-state index contributed by atoms with van der Waals surface area (Å²) in [5, 5.41) is 18.4. The number of aliphatic hydroxyl groups is 1. The van der Waals surface area contributed by atoms with E-state index in [1.54, 1.807) is 11.3 Å². The number of thiazole rings is 1. The molecule has 1 aromatic rings. The van der Waals surface area contributed by atoms with E-state index in [4.69, 9.17) is 0 Å². The van der Waals surface area contributed by atoms with Crippen LogP contribution < -0.4 is 10.6 Å². The van der Waals surface area contributed by atoms with Gasteiger partial charge in [0.15, 0.2) is 0 Å². The molecule has 2 rings (SSSR count). The normalized spacial score (nSPS) is 25.6. The molecule has 20 heavy (non-hydrogen) atoms. The predicted molar refractivity (Wildman–Crippen MR) is 79.9 cm³/mol. The van der Waals surface area contributed by atoms with Gasteiger partial charge in [0.2, 0.25) is 0 Å². The van der Waals surface area contributed by atoms with Crippen molar-refractivity contribution >= 4 is 17.4 Å². The van der Waals surface area contributed by atoms with Gasteiger partial charge < -0.3 is 15.7 Å². The maximum Gasteiger partial charge on any atom is 0.315 e. The Bertz CT molecular complexity index is 463. The molecule has 2 amide bonds. The van der Waals surface area contributed by atoms with Crippen molar-refractivity contribution in [2.24, 2.45) is 5.41 Å². The number of aromatic nitrogens is 1. The zero-order valence-corrected chi connectivity index (χ0v) is 12.9. The van der Waals surface area contributed by atoms with Gasteiger partial charge in [0.25, 0.3) is 0 Å². The molecule has 1 aliphatic carbocycles. The molecular weight excluding hydrogens is 274 g/mol. The number of aliphatic hydroxyl groups excluding tert-OH is 1. The highest BCUT2D eigenvalue weighted by atomic mass is 32.1. The summed E-state index contributed by atoms with van der Waals surface area (Å²) < 4.78 is 0. The van der Waals surface area contributed by atoms with Crippen LogP contribution in [-0.2, 0) is 6.42 Å². The molecule has 2 atom stereocenters. The number of amides is 2. The molecule has 1 saturated carbocycles. The summed E-state index contributed by atoms with van der Waals surface area (Å²) >= 11 is 1.62. The average Bonchev–Trinajstić information content (AvgIpc) is 2.98. The molecule has 1 aromatic heterocycles. The molecular formula is C14H23N3O2S. The molecule has 1 fully saturated rings. The van der Waals surface area contributed by atoms with Gasteiger partial charge in [-0.3, -0.25) is 0 Å². The molecule has 6 heteroatoms. The number of hydrogen-bond acceptors (Lipinski definition) is 4. The third-order valence-electron chi connectivity index (χ3n) is 4.08. The SMILES string of the molecule is Cc1nc(CCNC(=O)NC2CCCC2(C)CO)cs1. The maximum atomic E-state index is 11.9. The Morgan fingerprint density at radius 3 is 3.10 bits per heavy atom. The van der Waals surface area contributed by atoms with Crippen molar-refractivity contribution in [1.29, 1.82) is 0 Å². The summed E-state index contributed by atoms with van der Waals surface area (Å²) in [5.74, 6) is 0. The molecule has 0 aromatic carbocycles. The van der Waals surface area contributed by atoms with Gasteiger partial charge in [0, 0.05) is 29.8 Å². The number of nitrogens with zero attached hydrogens (tertiary/aromatic N) is 1. The molecule has 0 radical (unpaired) electrons. The largest absolute Gasteiger partial charge is 0.396 e. The van der Waals surface area contributed by atoms with Crippen molar-refractivity contribution in [2.45, 2.75) is 45.6 Å². The molecule has 0 saturated heterocycles. The van der Waals surface area contributed by atoms with Crippen LogP contribution in [-0.4, -0.2) is 35.3 Å². The van der Waals surface area contributed by atoms with Crippen molar-refractivity contribution in [1.82, 2.24) is 15.6 Å². The number of aryl methyl sites for hydroxylation is 1. The monoisotopic (exact) mass is 297 g/mol. The lowest BCUT2D eigenvalue weighted by atomic mass is 9.86. The molecule has 0 aliphatic heterocycles. The second-order valence-corrected chi connectivity index (χ2v) is 6.83. The van der Waals surface area contributed by atoms with E-state index in [9.17, 15) is 9.90 Å². The van der Waals surface area contributed by atoms with Gasteiger partial charge in [0.05, 0.1) is 17.3 Å². The molecule has 1 aliphatic rings. The molecule has 5 nitrogen and oxygen atoms in total. The van der Waals surface area contributed by atoms with Crippen molar-refractivity contribution in [2.75, 3.05) is 13.2 Å². The Kier molecular flexibility index (Phi) is 4.99. The number of hydrogen-bond donors (Lipinski definition) is 3. The highest BCUT2D eigenvalue weighted by Gasteiger charge is 2.38. The zero-order valence-electron chi connectivity index (χ0n) is 12.1. The van der Waals surface area contributed by atoms with Crippen molar-refractivity contribution in [3.63, 3.8) is 0 Å². The van der Waals surface area contributed by atoms with Crippen LogP contribution >= 0.6 is 11.3 Å². The number of carbonyl (C=O) groups excluding carboxylic acids is 1. The smallest absolute Gasteiger partial charge is 0.315 e. The van der Waals surface area contributed by atoms with Gasteiger partial charge in [-0.15, -0.1) is 11.3 Å². The zero-order chi connectivity index (χ0) is 14.6. The lowest BCUT2D eigenvalue weighted by molar-refractivity contribution is 0.121. The fraction of sp³-hybridized carbons (Fsp3) is 0.714. The lowest BCUT2D eigenvalue weighted by Crippen LogP contribution is -2.48. The highest BCUT2D eigenvalue weighted by Crippen LogP contribution is 2.37. The van der Waals surface area contributed by atoms with Gasteiger partial charge in [-0.2, -0.15) is 0 Å². The van der Waals surface area contributed by atoms with Crippen molar-refractivity contribution in [3.05, 3.63) is 16.1 Å². The van der Waals surface area contributed by atoms with Crippen LogP contribution in [0.25, 0.3) is 0 Å². The Morgan fingerprint density at radius 2 is 2.45 bits per heavy atom. The first-order valence-corrected chi connectivity index (χ1v) is 7.98. The van der Waals surface area contributed by atoms with E-state index in [-0.39, 0.29) is 24.1 Å². The van der Waals surface area contributed by atoms with E-state index in [2.05, 4.69) is 15.6 Å². The minimum atomic E-state index is -0.177. The summed E-state index contributed by atoms with van der Waals surface area (Å²) in [5.41, 5.74) is 0.845. The van der Waals surface area contributed by atoms with Crippen molar-refractivity contribution in [3.8, 4) is 0 Å². The summed E-state index contributed by atoms with van der Waals surface area (Å²) in [6.45, 7) is 4.71. The lowest BCUT2D eigenvalue weighted by Gasteiger charge is -2.30. The molecule has 3 N–H and O–H groups in total. The highest BCUT2D eigenvalue weighted by molar-refractivity contribution is 7.09. The van der Waals surface area contributed by atoms with Crippen LogP contribution in [0.1, 0.15) is 36.9 Å².